The molecule has 0 atom stereocenters. The number of hydrogen-bond acceptors (Lipinski definition) is 2. The van der Waals surface area contributed by atoms with Crippen molar-refractivity contribution in [2.75, 3.05) is 6.61 Å². The van der Waals surface area contributed by atoms with Crippen LogP contribution in [0.4, 0.5) is 8.78 Å². The fraction of sp³-hybridized carbons (Fsp3) is 0.208. The van der Waals surface area contributed by atoms with E-state index in [-0.39, 0.29) is 16.9 Å². The molecule has 0 spiro atoms. The van der Waals surface area contributed by atoms with Gasteiger partial charge in [0.25, 0.3) is 0 Å². The number of carboxylic acid groups (broad SMARTS) is 1. The molecule has 0 amide bonds. The van der Waals surface area contributed by atoms with E-state index in [1.165, 1.54) is 18.2 Å². The predicted octanol–water partition coefficient (Wildman–Crippen LogP) is 5.79. The van der Waals surface area contributed by atoms with Gasteiger partial charge in [-0.1, -0.05) is 43.7 Å². The number of carbonyl (C=O) groups is 1. The van der Waals surface area contributed by atoms with Gasteiger partial charge in [0.05, 0.1) is 17.7 Å². The second kappa shape index (κ2) is 9.20. The van der Waals surface area contributed by atoms with Crippen molar-refractivity contribution in [3.8, 4) is 17.6 Å². The summed E-state index contributed by atoms with van der Waals surface area (Å²) >= 11 is 0. The minimum Gasteiger partial charge on any atom is -0.490 e. The molecule has 0 fully saturated rings. The van der Waals surface area contributed by atoms with E-state index in [1.807, 2.05) is 0 Å². The summed E-state index contributed by atoms with van der Waals surface area (Å²) in [5.41, 5.74) is 0.760. The Balaban J connectivity index is 1.81. The largest absolute Gasteiger partial charge is 0.490 e. The summed E-state index contributed by atoms with van der Waals surface area (Å²) in [5.74, 6) is 2.31. The number of ether oxygens (including phenoxy) is 1. The van der Waals surface area contributed by atoms with Gasteiger partial charge < -0.3 is 9.84 Å². The van der Waals surface area contributed by atoms with Crippen LogP contribution in [0, 0.1) is 23.5 Å². The van der Waals surface area contributed by atoms with Gasteiger partial charge in [0.15, 0.2) is 11.6 Å². The average molecular weight is 394 g/mol. The van der Waals surface area contributed by atoms with Crippen LogP contribution in [0.2, 0.25) is 0 Å². The van der Waals surface area contributed by atoms with Gasteiger partial charge in [-0.3, -0.25) is 0 Å². The zero-order valence-electron chi connectivity index (χ0n) is 16.0. The minimum absolute atomic E-state index is 0.0512. The minimum atomic E-state index is -1.03. The first-order valence-electron chi connectivity index (χ1n) is 9.39. The maximum atomic E-state index is 14.3. The first-order valence-corrected chi connectivity index (χ1v) is 9.39. The van der Waals surface area contributed by atoms with E-state index >= 15 is 0 Å². The second-order valence-electron chi connectivity index (χ2n) is 6.63. The Labute approximate surface area is 167 Å². The molecule has 0 unspecified atom stereocenters. The third kappa shape index (κ3) is 4.91. The van der Waals surface area contributed by atoms with Crippen molar-refractivity contribution in [1.29, 1.82) is 0 Å². The summed E-state index contributed by atoms with van der Waals surface area (Å²) in [6, 6.07) is 12.8. The standard InChI is InChI=1S/C24H20F2O3/c1-2-3-4-13-29-21-12-11-17(22(25)23(21)26)7-5-16-6-8-19-15-20(24(27)28)10-9-18(19)14-16/h6,8-12,14-15H,2-4,13H2,1H3,(H,27,28). The van der Waals surface area contributed by atoms with Gasteiger partial charge in [0.1, 0.15) is 0 Å². The highest BCUT2D eigenvalue weighted by atomic mass is 19.2. The van der Waals surface area contributed by atoms with Crippen molar-refractivity contribution in [3.63, 3.8) is 0 Å². The number of unbranched alkanes of at least 4 members (excludes halogenated alkanes) is 2. The molecule has 148 valence electrons. The molecule has 3 aromatic rings. The fourth-order valence-electron chi connectivity index (χ4n) is 2.87. The predicted molar refractivity (Wildman–Crippen MR) is 108 cm³/mol. The van der Waals surface area contributed by atoms with Crippen LogP contribution in [0.25, 0.3) is 10.8 Å². The maximum Gasteiger partial charge on any atom is 0.335 e. The molecule has 3 aromatic carbocycles. The second-order valence-corrected chi connectivity index (χ2v) is 6.63. The molecule has 0 saturated heterocycles. The molecule has 0 aromatic heterocycles. The fourth-order valence-corrected chi connectivity index (χ4v) is 2.87. The molecule has 3 nitrogen and oxygen atoms in total. The summed E-state index contributed by atoms with van der Waals surface area (Å²) < 4.78 is 33.8. The lowest BCUT2D eigenvalue weighted by Gasteiger charge is -2.08. The van der Waals surface area contributed by atoms with Gasteiger partial charge in [-0.2, -0.15) is 4.39 Å². The van der Waals surface area contributed by atoms with Crippen molar-refractivity contribution in [2.24, 2.45) is 0 Å². The Bertz CT molecular complexity index is 1110. The SMILES string of the molecule is CCCCCOc1ccc(C#Cc2ccc3cc(C(=O)O)ccc3c2)c(F)c1F. The van der Waals surface area contributed by atoms with E-state index < -0.39 is 17.6 Å². The van der Waals surface area contributed by atoms with Gasteiger partial charge in [-0.25, -0.2) is 9.18 Å². The molecule has 1 N–H and O–H groups in total. The molecule has 0 heterocycles. The number of carboxylic acids is 1. The van der Waals surface area contributed by atoms with E-state index in [2.05, 4.69) is 18.8 Å². The van der Waals surface area contributed by atoms with Crippen molar-refractivity contribution in [1.82, 2.24) is 0 Å². The third-order valence-corrected chi connectivity index (χ3v) is 4.48. The van der Waals surface area contributed by atoms with Crippen LogP contribution < -0.4 is 4.74 Å². The molecule has 0 saturated carbocycles. The molecule has 0 aliphatic heterocycles. The van der Waals surface area contributed by atoms with Crippen LogP contribution in [0.3, 0.4) is 0 Å². The van der Waals surface area contributed by atoms with Crippen molar-refractivity contribution >= 4 is 16.7 Å². The summed E-state index contributed by atoms with van der Waals surface area (Å²) in [4.78, 5) is 11.0. The highest BCUT2D eigenvalue weighted by Crippen LogP contribution is 2.23. The van der Waals surface area contributed by atoms with Gasteiger partial charge in [0.2, 0.25) is 5.82 Å². The highest BCUT2D eigenvalue weighted by Gasteiger charge is 2.13. The zero-order chi connectivity index (χ0) is 20.8. The Hall–Kier alpha value is -3.39. The number of halogens is 2. The van der Waals surface area contributed by atoms with E-state index in [0.29, 0.717) is 12.2 Å². The monoisotopic (exact) mass is 394 g/mol. The molecular formula is C24H20F2O3. The average Bonchev–Trinajstić information content (AvgIpc) is 2.72. The number of fused-ring (bicyclic) bond motifs is 1. The summed E-state index contributed by atoms with van der Waals surface area (Å²) in [7, 11) is 0. The van der Waals surface area contributed by atoms with Crippen LogP contribution in [0.1, 0.15) is 47.7 Å². The van der Waals surface area contributed by atoms with Gasteiger partial charge in [0, 0.05) is 5.56 Å². The lowest BCUT2D eigenvalue weighted by molar-refractivity contribution is 0.0697. The topological polar surface area (TPSA) is 46.5 Å². The van der Waals surface area contributed by atoms with Crippen molar-refractivity contribution in [2.45, 2.75) is 26.2 Å². The number of hydrogen-bond donors (Lipinski definition) is 1. The first-order chi connectivity index (χ1) is 14.0. The molecule has 29 heavy (non-hydrogen) atoms. The van der Waals surface area contributed by atoms with Crippen molar-refractivity contribution in [3.05, 3.63) is 76.9 Å². The molecule has 5 heteroatoms. The van der Waals surface area contributed by atoms with Gasteiger partial charge >= 0.3 is 5.97 Å². The summed E-state index contributed by atoms with van der Waals surface area (Å²) in [5, 5.41) is 10.6. The Morgan fingerprint density at radius 2 is 1.72 bits per heavy atom. The van der Waals surface area contributed by atoms with E-state index in [0.717, 1.165) is 30.0 Å². The van der Waals surface area contributed by atoms with E-state index in [4.69, 9.17) is 9.84 Å². The van der Waals surface area contributed by atoms with Gasteiger partial charge in [-0.15, -0.1) is 0 Å². The normalized spacial score (nSPS) is 10.4. The van der Waals surface area contributed by atoms with Crippen LogP contribution in [0.5, 0.6) is 5.75 Å². The zero-order valence-corrected chi connectivity index (χ0v) is 16.0. The first kappa shape index (κ1) is 20.3. The maximum absolute atomic E-state index is 14.3. The van der Waals surface area contributed by atoms with Crippen LogP contribution in [-0.2, 0) is 0 Å². The lowest BCUT2D eigenvalue weighted by Crippen LogP contribution is -2.01. The molecule has 0 radical (unpaired) electrons. The van der Waals surface area contributed by atoms with Gasteiger partial charge in [-0.05, 0) is 53.6 Å². The Morgan fingerprint density at radius 1 is 0.966 bits per heavy atom. The van der Waals surface area contributed by atoms with Crippen LogP contribution >= 0.6 is 0 Å². The molecule has 3 rings (SSSR count). The smallest absolute Gasteiger partial charge is 0.335 e. The van der Waals surface area contributed by atoms with Crippen LogP contribution in [0.15, 0.2) is 48.5 Å². The molecule has 0 aliphatic rings. The third-order valence-electron chi connectivity index (χ3n) is 4.48. The van der Waals surface area contributed by atoms with Crippen LogP contribution in [-0.4, -0.2) is 17.7 Å². The summed E-state index contributed by atoms with van der Waals surface area (Å²) in [6.07, 6.45) is 2.77. The number of aromatic carboxylic acids is 1. The van der Waals surface area contributed by atoms with E-state index in [1.54, 1.807) is 30.3 Å². The molecule has 0 aliphatic carbocycles. The highest BCUT2D eigenvalue weighted by molar-refractivity contribution is 5.94. The molecular weight excluding hydrogens is 374 g/mol. The van der Waals surface area contributed by atoms with Crippen molar-refractivity contribution < 1.29 is 23.4 Å². The number of benzene rings is 3. The summed E-state index contributed by atoms with van der Waals surface area (Å²) in [6.45, 7) is 2.40. The van der Waals surface area contributed by atoms with E-state index in [9.17, 15) is 13.6 Å². The Kier molecular flexibility index (Phi) is 6.46. The quantitative estimate of drug-likeness (QED) is 0.425. The molecule has 0 bridgehead atoms. The number of rotatable bonds is 6. The Morgan fingerprint density at radius 3 is 2.48 bits per heavy atom. The lowest BCUT2D eigenvalue weighted by atomic mass is 10.0.